The van der Waals surface area contributed by atoms with Crippen LogP contribution in [-0.2, 0) is 6.61 Å². The Hall–Kier alpha value is -3.54. The second kappa shape index (κ2) is 9.78. The lowest BCUT2D eigenvalue weighted by atomic mass is 10.0. The van der Waals surface area contributed by atoms with Crippen LogP contribution in [0, 0.1) is 29.6 Å². The van der Waals surface area contributed by atoms with Gasteiger partial charge < -0.3 is 9.47 Å². The van der Waals surface area contributed by atoms with Crippen molar-refractivity contribution < 1.29 is 9.47 Å². The lowest BCUT2D eigenvalue weighted by Gasteiger charge is -2.14. The predicted molar refractivity (Wildman–Crippen MR) is 121 cm³/mol. The highest BCUT2D eigenvalue weighted by Crippen LogP contribution is 2.36. The Balaban J connectivity index is 1.91. The number of hydrogen-bond acceptors (Lipinski definition) is 4. The highest BCUT2D eigenvalue weighted by Gasteiger charge is 2.12. The molecule has 0 saturated heterocycles. The number of aryl methyl sites for hydroxylation is 1. The molecule has 0 heterocycles. The zero-order chi connectivity index (χ0) is 21.5. The van der Waals surface area contributed by atoms with Crippen molar-refractivity contribution in [2.75, 3.05) is 7.11 Å². The first-order chi connectivity index (χ1) is 14.5. The summed E-state index contributed by atoms with van der Waals surface area (Å²) in [4.78, 5) is 0. The van der Waals surface area contributed by atoms with Crippen LogP contribution in [0.25, 0.3) is 11.6 Å². The number of ether oxygens (including phenoxy) is 2. The van der Waals surface area contributed by atoms with Crippen LogP contribution in [0.1, 0.15) is 27.8 Å². The van der Waals surface area contributed by atoms with E-state index >= 15 is 0 Å². The van der Waals surface area contributed by atoms with Crippen molar-refractivity contribution in [1.82, 2.24) is 0 Å². The van der Waals surface area contributed by atoms with Gasteiger partial charge in [0.05, 0.1) is 30.4 Å². The lowest BCUT2D eigenvalue weighted by Crippen LogP contribution is -2.00. The van der Waals surface area contributed by atoms with Gasteiger partial charge in [-0.3, -0.25) is 0 Å². The van der Waals surface area contributed by atoms with Gasteiger partial charge in [-0.2, -0.15) is 10.5 Å². The van der Waals surface area contributed by atoms with Gasteiger partial charge in [-0.1, -0.05) is 64.0 Å². The normalized spacial score (nSPS) is 10.8. The molecule has 0 N–H and O–H groups in total. The van der Waals surface area contributed by atoms with Crippen molar-refractivity contribution in [3.63, 3.8) is 0 Å². The fourth-order valence-corrected chi connectivity index (χ4v) is 3.35. The topological polar surface area (TPSA) is 66.0 Å². The summed E-state index contributed by atoms with van der Waals surface area (Å²) in [6, 6.07) is 23.2. The Bertz CT molecular complexity index is 1170. The van der Waals surface area contributed by atoms with Gasteiger partial charge in [-0.05, 0) is 42.3 Å². The molecule has 3 aromatic carbocycles. The summed E-state index contributed by atoms with van der Waals surface area (Å²) >= 11 is 3.56. The molecule has 0 fully saturated rings. The third-order valence-electron chi connectivity index (χ3n) is 4.59. The highest BCUT2D eigenvalue weighted by molar-refractivity contribution is 9.10. The van der Waals surface area contributed by atoms with Crippen LogP contribution in [0.15, 0.2) is 65.1 Å². The summed E-state index contributed by atoms with van der Waals surface area (Å²) in [5.41, 5.74) is 4.71. The maximum Gasteiger partial charge on any atom is 0.162 e. The standard InChI is InChI=1S/C25H19BrN2O2/c1-17-7-9-18(10-8-17)22(15-28)11-21-12-24(29-2)25(13-23(21)26)30-16-20-6-4-3-5-19(20)14-27/h3-13H,16H2,1-2H3/b22-11-. The van der Waals surface area contributed by atoms with Crippen molar-refractivity contribution in [3.8, 4) is 23.6 Å². The number of nitrogens with zero attached hydrogens (tertiary/aromatic N) is 2. The largest absolute Gasteiger partial charge is 0.493 e. The van der Waals surface area contributed by atoms with Crippen LogP contribution in [0.3, 0.4) is 0 Å². The molecular formula is C25H19BrN2O2. The van der Waals surface area contributed by atoms with Crippen molar-refractivity contribution in [3.05, 3.63) is 93.0 Å². The van der Waals surface area contributed by atoms with Crippen molar-refractivity contribution in [2.24, 2.45) is 0 Å². The molecule has 0 aliphatic carbocycles. The number of methoxy groups -OCH3 is 1. The molecule has 0 aliphatic rings. The maximum absolute atomic E-state index is 9.63. The van der Waals surface area contributed by atoms with E-state index in [4.69, 9.17) is 9.47 Å². The molecular weight excluding hydrogens is 440 g/mol. The van der Waals surface area contributed by atoms with E-state index in [1.54, 1.807) is 13.2 Å². The number of halogens is 1. The molecule has 0 saturated carbocycles. The predicted octanol–water partition coefficient (Wildman–Crippen LogP) is 6.28. The van der Waals surface area contributed by atoms with Gasteiger partial charge in [0.15, 0.2) is 11.5 Å². The summed E-state index contributed by atoms with van der Waals surface area (Å²) in [6.07, 6.45) is 1.81. The van der Waals surface area contributed by atoms with E-state index in [1.165, 1.54) is 0 Å². The first-order valence-corrected chi connectivity index (χ1v) is 10.0. The Morgan fingerprint density at radius 3 is 2.43 bits per heavy atom. The second-order valence-electron chi connectivity index (χ2n) is 6.62. The number of rotatable bonds is 6. The average molecular weight is 459 g/mol. The summed E-state index contributed by atoms with van der Waals surface area (Å²) in [5, 5.41) is 18.9. The van der Waals surface area contributed by atoms with E-state index in [0.29, 0.717) is 22.6 Å². The quantitative estimate of drug-likeness (QED) is 0.321. The summed E-state index contributed by atoms with van der Waals surface area (Å²) in [6.45, 7) is 2.25. The molecule has 0 unspecified atom stereocenters. The van der Waals surface area contributed by atoms with Crippen LogP contribution in [0.4, 0.5) is 0 Å². The van der Waals surface area contributed by atoms with Crippen molar-refractivity contribution in [1.29, 1.82) is 10.5 Å². The third-order valence-corrected chi connectivity index (χ3v) is 5.27. The monoisotopic (exact) mass is 458 g/mol. The Morgan fingerprint density at radius 2 is 1.77 bits per heavy atom. The third kappa shape index (κ3) is 4.89. The zero-order valence-electron chi connectivity index (χ0n) is 16.6. The van der Waals surface area contributed by atoms with Gasteiger partial charge >= 0.3 is 0 Å². The first-order valence-electron chi connectivity index (χ1n) is 9.23. The minimum atomic E-state index is 0.245. The van der Waals surface area contributed by atoms with Crippen LogP contribution in [0.2, 0.25) is 0 Å². The molecule has 4 nitrogen and oxygen atoms in total. The van der Waals surface area contributed by atoms with E-state index in [1.807, 2.05) is 67.6 Å². The summed E-state index contributed by atoms with van der Waals surface area (Å²) in [7, 11) is 1.57. The molecule has 5 heteroatoms. The highest BCUT2D eigenvalue weighted by atomic mass is 79.9. The summed E-state index contributed by atoms with van der Waals surface area (Å²) in [5.74, 6) is 1.09. The first kappa shape index (κ1) is 21.2. The Kier molecular flexibility index (Phi) is 6.91. The van der Waals surface area contributed by atoms with E-state index in [-0.39, 0.29) is 6.61 Å². The molecule has 30 heavy (non-hydrogen) atoms. The minimum absolute atomic E-state index is 0.245. The fraction of sp³-hybridized carbons (Fsp3) is 0.120. The van der Waals surface area contributed by atoms with Crippen LogP contribution in [0.5, 0.6) is 11.5 Å². The van der Waals surface area contributed by atoms with E-state index < -0.39 is 0 Å². The SMILES string of the molecule is COc1cc(/C=C(/C#N)c2ccc(C)cc2)c(Br)cc1OCc1ccccc1C#N. The van der Waals surface area contributed by atoms with E-state index in [9.17, 15) is 10.5 Å². The zero-order valence-corrected chi connectivity index (χ0v) is 18.2. The number of allylic oxidation sites excluding steroid dienone is 1. The number of benzene rings is 3. The molecule has 0 radical (unpaired) electrons. The number of hydrogen-bond donors (Lipinski definition) is 0. The van der Waals surface area contributed by atoms with E-state index in [2.05, 4.69) is 28.1 Å². The van der Waals surface area contributed by atoms with Crippen LogP contribution < -0.4 is 9.47 Å². The lowest BCUT2D eigenvalue weighted by molar-refractivity contribution is 0.284. The fourth-order valence-electron chi connectivity index (χ4n) is 2.91. The van der Waals surface area contributed by atoms with Gasteiger partial charge in [0.25, 0.3) is 0 Å². The van der Waals surface area contributed by atoms with Gasteiger partial charge in [0.1, 0.15) is 6.61 Å². The van der Waals surface area contributed by atoms with Crippen molar-refractivity contribution in [2.45, 2.75) is 13.5 Å². The molecule has 0 bridgehead atoms. The molecule has 148 valence electrons. The minimum Gasteiger partial charge on any atom is -0.493 e. The van der Waals surface area contributed by atoms with Gasteiger partial charge in [-0.25, -0.2) is 0 Å². The van der Waals surface area contributed by atoms with Crippen LogP contribution in [-0.4, -0.2) is 7.11 Å². The average Bonchev–Trinajstić information content (AvgIpc) is 2.77. The van der Waals surface area contributed by atoms with Gasteiger partial charge in [0, 0.05) is 10.0 Å². The smallest absolute Gasteiger partial charge is 0.162 e. The van der Waals surface area contributed by atoms with Gasteiger partial charge in [-0.15, -0.1) is 0 Å². The molecule has 3 aromatic rings. The molecule has 3 rings (SSSR count). The molecule has 0 aliphatic heterocycles. The van der Waals surface area contributed by atoms with Crippen molar-refractivity contribution >= 4 is 27.6 Å². The van der Waals surface area contributed by atoms with Crippen LogP contribution >= 0.6 is 15.9 Å². The molecule has 0 aromatic heterocycles. The molecule has 0 spiro atoms. The molecule has 0 atom stereocenters. The van der Waals surface area contributed by atoms with E-state index in [0.717, 1.165) is 26.7 Å². The maximum atomic E-state index is 9.63. The Labute approximate surface area is 184 Å². The molecule has 0 amide bonds. The van der Waals surface area contributed by atoms with Gasteiger partial charge in [0.2, 0.25) is 0 Å². The second-order valence-corrected chi connectivity index (χ2v) is 7.47. The Morgan fingerprint density at radius 1 is 1.03 bits per heavy atom. The number of nitriles is 2. The summed E-state index contributed by atoms with van der Waals surface area (Å²) < 4.78 is 12.2.